The van der Waals surface area contributed by atoms with Gasteiger partial charge in [-0.1, -0.05) is 6.42 Å². The Bertz CT molecular complexity index is 648. The van der Waals surface area contributed by atoms with E-state index in [0.29, 0.717) is 12.5 Å². The summed E-state index contributed by atoms with van der Waals surface area (Å²) in [4.78, 5) is 28.9. The van der Waals surface area contributed by atoms with Crippen LogP contribution in [-0.2, 0) is 4.79 Å². The van der Waals surface area contributed by atoms with Crippen molar-refractivity contribution in [3.63, 3.8) is 0 Å². The highest BCUT2D eigenvalue weighted by atomic mass is 16.5. The van der Waals surface area contributed by atoms with Gasteiger partial charge in [-0.05, 0) is 62.8 Å². The summed E-state index contributed by atoms with van der Waals surface area (Å²) in [6.45, 7) is 3.14. The van der Waals surface area contributed by atoms with Crippen molar-refractivity contribution >= 4 is 11.8 Å². The van der Waals surface area contributed by atoms with Gasteiger partial charge in [0.15, 0.2) is 0 Å². The van der Waals surface area contributed by atoms with Gasteiger partial charge in [0, 0.05) is 31.1 Å². The molecule has 3 aliphatic rings. The number of nitrogens with zero attached hydrogens (tertiary/aromatic N) is 2. The van der Waals surface area contributed by atoms with Crippen molar-refractivity contribution in [1.82, 2.24) is 9.80 Å². The molecule has 1 saturated carbocycles. The maximum Gasteiger partial charge on any atom is 0.253 e. The SMILES string of the molecule is O=C(c1ccc(OC[C@H]2CCCN2C(=O)C2CCC2)cc1)N1CCCC1. The number of rotatable bonds is 5. The Hall–Kier alpha value is -2.04. The highest BCUT2D eigenvalue weighted by molar-refractivity contribution is 5.94. The Morgan fingerprint density at radius 1 is 0.923 bits per heavy atom. The number of amides is 2. The summed E-state index contributed by atoms with van der Waals surface area (Å²) in [5.74, 6) is 1.47. The molecule has 0 radical (unpaired) electrons. The summed E-state index contributed by atoms with van der Waals surface area (Å²) >= 11 is 0. The van der Waals surface area contributed by atoms with Gasteiger partial charge < -0.3 is 14.5 Å². The zero-order chi connectivity index (χ0) is 17.9. The Balaban J connectivity index is 1.31. The molecular weight excluding hydrogens is 328 g/mol. The molecule has 1 aromatic carbocycles. The molecule has 1 aromatic rings. The van der Waals surface area contributed by atoms with E-state index in [1.807, 2.05) is 34.1 Å². The van der Waals surface area contributed by atoms with Crippen molar-refractivity contribution < 1.29 is 14.3 Å². The first-order chi connectivity index (χ1) is 12.7. The Morgan fingerprint density at radius 3 is 2.31 bits per heavy atom. The molecule has 1 atom stereocenters. The molecular formula is C21H28N2O3. The lowest BCUT2D eigenvalue weighted by Gasteiger charge is -2.32. The molecule has 5 nitrogen and oxygen atoms in total. The molecule has 26 heavy (non-hydrogen) atoms. The van der Waals surface area contributed by atoms with Crippen LogP contribution in [0.25, 0.3) is 0 Å². The summed E-state index contributed by atoms with van der Waals surface area (Å²) in [5, 5.41) is 0. The van der Waals surface area contributed by atoms with Crippen molar-refractivity contribution in [2.24, 2.45) is 5.92 Å². The first kappa shape index (κ1) is 17.4. The van der Waals surface area contributed by atoms with E-state index >= 15 is 0 Å². The lowest BCUT2D eigenvalue weighted by Crippen LogP contribution is -2.44. The van der Waals surface area contributed by atoms with E-state index in [-0.39, 0.29) is 17.9 Å². The second-order valence-corrected chi connectivity index (χ2v) is 7.79. The minimum Gasteiger partial charge on any atom is -0.491 e. The molecule has 0 aromatic heterocycles. The number of carbonyl (C=O) groups is 2. The van der Waals surface area contributed by atoms with Crippen molar-refractivity contribution in [2.75, 3.05) is 26.2 Å². The van der Waals surface area contributed by atoms with Gasteiger partial charge in [-0.15, -0.1) is 0 Å². The third-order valence-corrected chi connectivity index (χ3v) is 6.05. The van der Waals surface area contributed by atoms with Crippen LogP contribution in [0.1, 0.15) is 55.3 Å². The minimum atomic E-state index is 0.113. The monoisotopic (exact) mass is 356 g/mol. The number of hydrogen-bond acceptors (Lipinski definition) is 3. The topological polar surface area (TPSA) is 49.9 Å². The van der Waals surface area contributed by atoms with Gasteiger partial charge in [0.25, 0.3) is 5.91 Å². The van der Waals surface area contributed by atoms with Gasteiger partial charge in [0.1, 0.15) is 12.4 Å². The highest BCUT2D eigenvalue weighted by Crippen LogP contribution is 2.31. The van der Waals surface area contributed by atoms with Crippen molar-refractivity contribution in [3.8, 4) is 5.75 Å². The van der Waals surface area contributed by atoms with Crippen LogP contribution in [0.4, 0.5) is 0 Å². The molecule has 5 heteroatoms. The van der Waals surface area contributed by atoms with Gasteiger partial charge in [-0.3, -0.25) is 9.59 Å². The molecule has 1 aliphatic carbocycles. The number of ether oxygens (including phenoxy) is 1. The maximum atomic E-state index is 12.5. The van der Waals surface area contributed by atoms with E-state index in [1.54, 1.807) is 0 Å². The van der Waals surface area contributed by atoms with Gasteiger partial charge in [0.05, 0.1) is 6.04 Å². The predicted molar refractivity (Wildman–Crippen MR) is 99.2 cm³/mol. The smallest absolute Gasteiger partial charge is 0.253 e. The Kier molecular flexibility index (Phi) is 5.14. The van der Waals surface area contributed by atoms with Crippen molar-refractivity contribution in [3.05, 3.63) is 29.8 Å². The van der Waals surface area contributed by atoms with Gasteiger partial charge in [-0.25, -0.2) is 0 Å². The molecule has 0 N–H and O–H groups in total. The van der Waals surface area contributed by atoms with Crippen molar-refractivity contribution in [1.29, 1.82) is 0 Å². The molecule has 2 saturated heterocycles. The molecule has 0 bridgehead atoms. The van der Waals surface area contributed by atoms with Crippen LogP contribution in [0.15, 0.2) is 24.3 Å². The fourth-order valence-electron chi connectivity index (χ4n) is 4.18. The maximum absolute atomic E-state index is 12.5. The second kappa shape index (κ2) is 7.68. The van der Waals surface area contributed by atoms with Gasteiger partial charge >= 0.3 is 0 Å². The summed E-state index contributed by atoms with van der Waals surface area (Å²) in [7, 11) is 0. The minimum absolute atomic E-state index is 0.113. The quantitative estimate of drug-likeness (QED) is 0.815. The van der Waals surface area contributed by atoms with Crippen LogP contribution in [-0.4, -0.2) is 53.9 Å². The van der Waals surface area contributed by atoms with E-state index < -0.39 is 0 Å². The van der Waals surface area contributed by atoms with Crippen LogP contribution < -0.4 is 4.74 Å². The summed E-state index contributed by atoms with van der Waals surface area (Å²) in [5.41, 5.74) is 0.724. The number of hydrogen-bond donors (Lipinski definition) is 0. The molecule has 2 aliphatic heterocycles. The lowest BCUT2D eigenvalue weighted by atomic mass is 9.84. The average molecular weight is 356 g/mol. The molecule has 0 spiro atoms. The van der Waals surface area contributed by atoms with Crippen LogP contribution in [0.5, 0.6) is 5.75 Å². The fraction of sp³-hybridized carbons (Fsp3) is 0.619. The first-order valence-corrected chi connectivity index (χ1v) is 10.0. The van der Waals surface area contributed by atoms with Crippen LogP contribution in [0, 0.1) is 5.92 Å². The second-order valence-electron chi connectivity index (χ2n) is 7.79. The fourth-order valence-corrected chi connectivity index (χ4v) is 4.18. The number of benzene rings is 1. The van der Waals surface area contributed by atoms with E-state index in [9.17, 15) is 9.59 Å². The largest absolute Gasteiger partial charge is 0.491 e. The normalized spacial score (nSPS) is 23.2. The predicted octanol–water partition coefficient (Wildman–Crippen LogP) is 3.09. The molecule has 4 rings (SSSR count). The average Bonchev–Trinajstić information content (AvgIpc) is 3.30. The van der Waals surface area contributed by atoms with Gasteiger partial charge in [-0.2, -0.15) is 0 Å². The number of likely N-dealkylation sites (tertiary alicyclic amines) is 2. The van der Waals surface area contributed by atoms with Crippen LogP contribution in [0.2, 0.25) is 0 Å². The summed E-state index contributed by atoms with van der Waals surface area (Å²) in [6.07, 6.45) is 7.58. The molecule has 3 fully saturated rings. The highest BCUT2D eigenvalue weighted by Gasteiger charge is 2.35. The first-order valence-electron chi connectivity index (χ1n) is 10.0. The van der Waals surface area contributed by atoms with Crippen LogP contribution in [0.3, 0.4) is 0 Å². The van der Waals surface area contributed by atoms with E-state index in [2.05, 4.69) is 0 Å². The van der Waals surface area contributed by atoms with E-state index in [0.717, 1.165) is 69.5 Å². The van der Waals surface area contributed by atoms with Crippen molar-refractivity contribution in [2.45, 2.75) is 51.0 Å². The van der Waals surface area contributed by atoms with E-state index in [1.165, 1.54) is 6.42 Å². The molecule has 2 amide bonds. The standard InChI is InChI=1S/C21H28N2O3/c24-20(22-12-1-2-13-22)17-8-10-19(11-9-17)26-15-18-7-4-14-23(18)21(25)16-5-3-6-16/h8-11,16,18H,1-7,12-15H2/t18-/m1/s1. The Labute approximate surface area is 155 Å². The number of carbonyl (C=O) groups excluding carboxylic acids is 2. The Morgan fingerprint density at radius 2 is 1.65 bits per heavy atom. The third kappa shape index (κ3) is 3.57. The van der Waals surface area contributed by atoms with Gasteiger partial charge in [0.2, 0.25) is 5.91 Å². The van der Waals surface area contributed by atoms with Crippen LogP contribution >= 0.6 is 0 Å². The summed E-state index contributed by atoms with van der Waals surface area (Å²) < 4.78 is 5.94. The lowest BCUT2D eigenvalue weighted by molar-refractivity contribution is -0.139. The molecule has 0 unspecified atom stereocenters. The van der Waals surface area contributed by atoms with E-state index in [4.69, 9.17) is 4.74 Å². The zero-order valence-electron chi connectivity index (χ0n) is 15.4. The molecule has 140 valence electrons. The molecule has 2 heterocycles. The zero-order valence-corrected chi connectivity index (χ0v) is 15.4. The third-order valence-electron chi connectivity index (χ3n) is 6.05. The summed E-state index contributed by atoms with van der Waals surface area (Å²) in [6, 6.07) is 7.63.